The van der Waals surface area contributed by atoms with E-state index in [4.69, 9.17) is 4.52 Å². The highest BCUT2D eigenvalue weighted by atomic mass is 32.2. The monoisotopic (exact) mass is 357 g/mol. The van der Waals surface area contributed by atoms with Crippen molar-refractivity contribution in [1.29, 1.82) is 0 Å². The maximum absolute atomic E-state index is 12.3. The van der Waals surface area contributed by atoms with Crippen molar-refractivity contribution in [2.24, 2.45) is 0 Å². The van der Waals surface area contributed by atoms with Crippen molar-refractivity contribution in [3.63, 3.8) is 0 Å². The van der Waals surface area contributed by atoms with E-state index in [9.17, 15) is 13.2 Å². The van der Waals surface area contributed by atoms with Crippen molar-refractivity contribution in [2.45, 2.75) is 11.8 Å². The molecule has 2 aromatic carbocycles. The van der Waals surface area contributed by atoms with Crippen LogP contribution in [0.1, 0.15) is 16.1 Å². The molecular weight excluding hydrogens is 342 g/mol. The Bertz CT molecular complexity index is 997. The summed E-state index contributed by atoms with van der Waals surface area (Å²) in [6, 6.07) is 15.7. The predicted octanol–water partition coefficient (Wildman–Crippen LogP) is 3.04. The van der Waals surface area contributed by atoms with Gasteiger partial charge >= 0.3 is 0 Å². The van der Waals surface area contributed by atoms with E-state index < -0.39 is 15.9 Å². The van der Waals surface area contributed by atoms with Gasteiger partial charge in [-0.05, 0) is 37.3 Å². The number of nitrogens with zero attached hydrogens (tertiary/aromatic N) is 1. The molecule has 3 rings (SSSR count). The third kappa shape index (κ3) is 4.04. The van der Waals surface area contributed by atoms with Crippen LogP contribution in [0.2, 0.25) is 0 Å². The third-order valence-electron chi connectivity index (χ3n) is 3.30. The Morgan fingerprint density at radius 3 is 2.48 bits per heavy atom. The quantitative estimate of drug-likeness (QED) is 0.731. The maximum Gasteiger partial charge on any atom is 0.261 e. The smallest absolute Gasteiger partial charge is 0.261 e. The largest absolute Gasteiger partial charge is 0.360 e. The zero-order valence-corrected chi connectivity index (χ0v) is 14.1. The maximum atomic E-state index is 12.3. The number of rotatable bonds is 5. The van der Waals surface area contributed by atoms with Gasteiger partial charge in [0.15, 0.2) is 5.82 Å². The van der Waals surface area contributed by atoms with Crippen LogP contribution in [0.25, 0.3) is 0 Å². The van der Waals surface area contributed by atoms with Crippen LogP contribution >= 0.6 is 0 Å². The van der Waals surface area contributed by atoms with Crippen molar-refractivity contribution >= 4 is 27.4 Å². The van der Waals surface area contributed by atoms with Gasteiger partial charge in [0.25, 0.3) is 15.9 Å². The summed E-state index contributed by atoms with van der Waals surface area (Å²) in [5.41, 5.74) is 0.571. The van der Waals surface area contributed by atoms with Gasteiger partial charge in [0.05, 0.1) is 4.90 Å². The average Bonchev–Trinajstić information content (AvgIpc) is 3.00. The molecule has 1 amide bonds. The number of aryl methyl sites for hydroxylation is 1. The molecular formula is C17H15N3O4S. The number of carbonyl (C=O) groups is 1. The molecule has 3 aromatic rings. The first kappa shape index (κ1) is 16.7. The van der Waals surface area contributed by atoms with Gasteiger partial charge in [-0.1, -0.05) is 29.4 Å². The van der Waals surface area contributed by atoms with Gasteiger partial charge in [0.1, 0.15) is 5.76 Å². The van der Waals surface area contributed by atoms with Gasteiger partial charge in [0.2, 0.25) is 0 Å². The van der Waals surface area contributed by atoms with Crippen LogP contribution in [0.5, 0.6) is 0 Å². The molecule has 0 saturated carbocycles. The second kappa shape index (κ2) is 6.78. The standard InChI is InChI=1S/C17H15N3O4S/c1-12-10-16(19-24-12)18-17(21)13-6-5-7-14(11-13)20-25(22,23)15-8-3-2-4-9-15/h2-11,20H,1H3,(H,18,19,21). The van der Waals surface area contributed by atoms with E-state index >= 15 is 0 Å². The lowest BCUT2D eigenvalue weighted by molar-refractivity contribution is 0.102. The molecule has 25 heavy (non-hydrogen) atoms. The van der Waals surface area contributed by atoms with Crippen LogP contribution in [-0.2, 0) is 10.0 Å². The number of anilines is 2. The summed E-state index contributed by atoms with van der Waals surface area (Å²) in [6.45, 7) is 1.71. The Morgan fingerprint density at radius 1 is 1.04 bits per heavy atom. The molecule has 0 aliphatic heterocycles. The van der Waals surface area contributed by atoms with Gasteiger partial charge in [-0.3, -0.25) is 9.52 Å². The second-order valence-electron chi connectivity index (χ2n) is 5.28. The molecule has 0 bridgehead atoms. The Labute approximate surface area is 144 Å². The van der Waals surface area contributed by atoms with Crippen molar-refractivity contribution in [2.75, 3.05) is 10.0 Å². The fraction of sp³-hybridized carbons (Fsp3) is 0.0588. The zero-order valence-electron chi connectivity index (χ0n) is 13.3. The molecule has 0 fully saturated rings. The Hall–Kier alpha value is -3.13. The second-order valence-corrected chi connectivity index (χ2v) is 6.96. The zero-order chi connectivity index (χ0) is 17.9. The van der Waals surface area contributed by atoms with Crippen molar-refractivity contribution in [3.05, 3.63) is 72.0 Å². The Kier molecular flexibility index (Phi) is 4.53. The summed E-state index contributed by atoms with van der Waals surface area (Å²) in [6.07, 6.45) is 0. The fourth-order valence-electron chi connectivity index (χ4n) is 2.15. The number of benzene rings is 2. The number of hydrogen-bond acceptors (Lipinski definition) is 5. The minimum Gasteiger partial charge on any atom is -0.360 e. The molecule has 1 heterocycles. The lowest BCUT2D eigenvalue weighted by Gasteiger charge is -2.09. The lowest BCUT2D eigenvalue weighted by Crippen LogP contribution is -2.15. The minimum absolute atomic E-state index is 0.142. The van der Waals surface area contributed by atoms with Gasteiger partial charge in [-0.25, -0.2) is 8.42 Å². The molecule has 0 saturated heterocycles. The fourth-order valence-corrected chi connectivity index (χ4v) is 3.22. The van der Waals surface area contributed by atoms with Gasteiger partial charge in [-0.15, -0.1) is 0 Å². The van der Waals surface area contributed by atoms with Crippen LogP contribution in [0, 0.1) is 6.92 Å². The summed E-state index contributed by atoms with van der Waals surface area (Å²) in [5.74, 6) is 0.437. The number of carbonyl (C=O) groups excluding carboxylic acids is 1. The summed E-state index contributed by atoms with van der Waals surface area (Å²) in [5, 5.41) is 6.26. The van der Waals surface area contributed by atoms with E-state index in [-0.39, 0.29) is 22.0 Å². The first-order valence-electron chi connectivity index (χ1n) is 7.37. The van der Waals surface area contributed by atoms with E-state index in [1.54, 1.807) is 49.4 Å². The number of sulfonamides is 1. The highest BCUT2D eigenvalue weighted by Gasteiger charge is 2.15. The molecule has 1 aromatic heterocycles. The Morgan fingerprint density at radius 2 is 1.80 bits per heavy atom. The van der Waals surface area contributed by atoms with E-state index in [2.05, 4.69) is 15.2 Å². The number of hydrogen-bond donors (Lipinski definition) is 2. The minimum atomic E-state index is -3.72. The number of aromatic nitrogens is 1. The van der Waals surface area contributed by atoms with E-state index in [1.807, 2.05) is 0 Å². The molecule has 0 spiro atoms. The average molecular weight is 357 g/mol. The van der Waals surface area contributed by atoms with Crippen molar-refractivity contribution in [1.82, 2.24) is 5.16 Å². The first-order valence-corrected chi connectivity index (χ1v) is 8.85. The molecule has 2 N–H and O–H groups in total. The highest BCUT2D eigenvalue weighted by Crippen LogP contribution is 2.18. The summed E-state index contributed by atoms with van der Waals surface area (Å²) < 4.78 is 32.0. The molecule has 0 unspecified atom stereocenters. The molecule has 0 aliphatic rings. The van der Waals surface area contributed by atoms with Gasteiger partial charge < -0.3 is 9.84 Å². The van der Waals surface area contributed by atoms with Crippen LogP contribution in [0.4, 0.5) is 11.5 Å². The predicted molar refractivity (Wildman–Crippen MR) is 92.9 cm³/mol. The first-order chi connectivity index (χ1) is 11.9. The van der Waals surface area contributed by atoms with E-state index in [0.29, 0.717) is 5.76 Å². The van der Waals surface area contributed by atoms with Crippen molar-refractivity contribution < 1.29 is 17.7 Å². The van der Waals surface area contributed by atoms with Crippen LogP contribution in [0.3, 0.4) is 0 Å². The molecule has 0 atom stereocenters. The van der Waals surface area contributed by atoms with Crippen LogP contribution in [0.15, 0.2) is 70.1 Å². The van der Waals surface area contributed by atoms with Gasteiger partial charge in [0, 0.05) is 17.3 Å². The SMILES string of the molecule is Cc1cc(NC(=O)c2cccc(NS(=O)(=O)c3ccccc3)c2)no1. The van der Waals surface area contributed by atoms with Crippen LogP contribution < -0.4 is 10.0 Å². The van der Waals surface area contributed by atoms with Crippen molar-refractivity contribution in [3.8, 4) is 0 Å². The van der Waals surface area contributed by atoms with E-state index in [0.717, 1.165) is 0 Å². The molecule has 128 valence electrons. The number of amides is 1. The topological polar surface area (TPSA) is 101 Å². The van der Waals surface area contributed by atoms with Gasteiger partial charge in [-0.2, -0.15) is 0 Å². The normalized spacial score (nSPS) is 11.1. The molecule has 7 nitrogen and oxygen atoms in total. The lowest BCUT2D eigenvalue weighted by atomic mass is 10.2. The molecule has 0 radical (unpaired) electrons. The third-order valence-corrected chi connectivity index (χ3v) is 4.70. The van der Waals surface area contributed by atoms with E-state index in [1.165, 1.54) is 18.2 Å². The highest BCUT2D eigenvalue weighted by molar-refractivity contribution is 7.92. The number of nitrogens with one attached hydrogen (secondary N) is 2. The summed E-state index contributed by atoms with van der Waals surface area (Å²) in [7, 11) is -3.72. The summed E-state index contributed by atoms with van der Waals surface area (Å²) >= 11 is 0. The summed E-state index contributed by atoms with van der Waals surface area (Å²) in [4.78, 5) is 12.4. The molecule has 0 aliphatic carbocycles. The Balaban J connectivity index is 1.78. The molecule has 8 heteroatoms. The van der Waals surface area contributed by atoms with Crippen LogP contribution in [-0.4, -0.2) is 19.5 Å².